The van der Waals surface area contributed by atoms with Gasteiger partial charge >= 0.3 is 0 Å². The van der Waals surface area contributed by atoms with Crippen molar-refractivity contribution in [3.63, 3.8) is 0 Å². The average Bonchev–Trinajstić information content (AvgIpc) is 2.99. The van der Waals surface area contributed by atoms with Crippen LogP contribution in [0, 0.1) is 0 Å². The Balaban J connectivity index is 1.75. The zero-order chi connectivity index (χ0) is 30.1. The Kier molecular flexibility index (Phi) is 10.9. The largest absolute Gasteiger partial charge is 0.495 e. The Morgan fingerprint density at radius 1 is 0.952 bits per heavy atom. The molecule has 0 aromatic heterocycles. The molecule has 0 spiro atoms. The second kappa shape index (κ2) is 14.6. The van der Waals surface area contributed by atoms with Crippen LogP contribution in [-0.2, 0) is 32.6 Å². The van der Waals surface area contributed by atoms with Crippen LogP contribution < -0.4 is 14.4 Å². The van der Waals surface area contributed by atoms with Gasteiger partial charge in [0.1, 0.15) is 18.3 Å². The lowest BCUT2D eigenvalue weighted by Crippen LogP contribution is -2.55. The van der Waals surface area contributed by atoms with Gasteiger partial charge in [0.15, 0.2) is 0 Å². The van der Waals surface area contributed by atoms with Gasteiger partial charge in [-0.1, -0.05) is 91.5 Å². The van der Waals surface area contributed by atoms with Crippen LogP contribution >= 0.6 is 11.6 Å². The van der Waals surface area contributed by atoms with Crippen molar-refractivity contribution < 1.29 is 22.7 Å². The fourth-order valence-electron chi connectivity index (χ4n) is 5.34. The third-order valence-electron chi connectivity index (χ3n) is 7.55. The highest BCUT2D eigenvalue weighted by molar-refractivity contribution is 7.92. The van der Waals surface area contributed by atoms with Crippen molar-refractivity contribution in [1.82, 2.24) is 10.2 Å². The molecule has 3 aromatic carbocycles. The molecule has 1 fully saturated rings. The molecule has 1 aliphatic rings. The van der Waals surface area contributed by atoms with Gasteiger partial charge in [-0.3, -0.25) is 13.9 Å². The minimum absolute atomic E-state index is 0.0254. The summed E-state index contributed by atoms with van der Waals surface area (Å²) in [5.41, 5.74) is 1.77. The summed E-state index contributed by atoms with van der Waals surface area (Å²) in [6.45, 7) is -0.497. The Hall–Kier alpha value is -3.56. The van der Waals surface area contributed by atoms with Gasteiger partial charge in [-0.2, -0.15) is 0 Å². The molecule has 0 bridgehead atoms. The monoisotopic (exact) mass is 611 g/mol. The fourth-order valence-corrected chi connectivity index (χ4v) is 6.39. The number of para-hydroxylation sites is 2. The van der Waals surface area contributed by atoms with Crippen LogP contribution in [0.25, 0.3) is 0 Å². The quantitative estimate of drug-likeness (QED) is 0.304. The standard InChI is InChI=1S/C32H38ClN3O5S/c1-41-30-20-12-11-19-28(30)36(42(2,39)40)23-31(37)35(22-25-15-9-10-18-27(25)33)29(21-24-13-5-3-6-14-24)32(38)34-26-16-7-4-8-17-26/h3,5-6,9-15,18-20,26,29H,4,7-8,16-17,21-23H2,1-2H3,(H,34,38)/t29-/m0/s1. The maximum atomic E-state index is 14.3. The van der Waals surface area contributed by atoms with E-state index in [9.17, 15) is 18.0 Å². The van der Waals surface area contributed by atoms with E-state index in [0.717, 1.165) is 48.2 Å². The lowest BCUT2D eigenvalue weighted by Gasteiger charge is -2.35. The number of nitrogens with one attached hydrogen (secondary N) is 1. The summed E-state index contributed by atoms with van der Waals surface area (Å²) in [7, 11) is -2.47. The molecule has 0 saturated heterocycles. The highest BCUT2D eigenvalue weighted by Gasteiger charge is 2.34. The summed E-state index contributed by atoms with van der Waals surface area (Å²) in [6.07, 6.45) is 6.29. The first-order valence-corrected chi connectivity index (χ1v) is 16.4. The zero-order valence-electron chi connectivity index (χ0n) is 24.0. The lowest BCUT2D eigenvalue weighted by atomic mass is 9.94. The van der Waals surface area contributed by atoms with Gasteiger partial charge in [0.05, 0.1) is 19.1 Å². The topological polar surface area (TPSA) is 96.0 Å². The lowest BCUT2D eigenvalue weighted by molar-refractivity contribution is -0.140. The Morgan fingerprint density at radius 2 is 1.60 bits per heavy atom. The number of nitrogens with zero attached hydrogens (tertiary/aromatic N) is 2. The highest BCUT2D eigenvalue weighted by atomic mass is 35.5. The molecule has 1 saturated carbocycles. The fraction of sp³-hybridized carbons (Fsp3) is 0.375. The molecule has 1 N–H and O–H groups in total. The normalized spacial score (nSPS) is 14.5. The highest BCUT2D eigenvalue weighted by Crippen LogP contribution is 2.30. The van der Waals surface area contributed by atoms with Crippen LogP contribution in [0.1, 0.15) is 43.2 Å². The van der Waals surface area contributed by atoms with E-state index in [2.05, 4.69) is 5.32 Å². The Labute approximate surface area is 253 Å². The van der Waals surface area contributed by atoms with Crippen LogP contribution in [0.3, 0.4) is 0 Å². The van der Waals surface area contributed by atoms with Crippen molar-refractivity contribution in [2.45, 2.75) is 57.2 Å². The van der Waals surface area contributed by atoms with E-state index in [1.165, 1.54) is 12.0 Å². The number of hydrogen-bond donors (Lipinski definition) is 1. The number of hydrogen-bond acceptors (Lipinski definition) is 5. The number of amides is 2. The summed E-state index contributed by atoms with van der Waals surface area (Å²) in [5.74, 6) is -0.496. The number of benzene rings is 3. The first kappa shape index (κ1) is 31.4. The molecule has 0 unspecified atom stereocenters. The van der Waals surface area contributed by atoms with Crippen LogP contribution in [0.15, 0.2) is 78.9 Å². The minimum Gasteiger partial charge on any atom is -0.495 e. The van der Waals surface area contributed by atoms with Crippen LogP contribution in [0.2, 0.25) is 5.02 Å². The van der Waals surface area contributed by atoms with Crippen LogP contribution in [0.4, 0.5) is 5.69 Å². The first-order valence-electron chi connectivity index (χ1n) is 14.1. The van der Waals surface area contributed by atoms with E-state index < -0.39 is 28.5 Å². The number of anilines is 1. The second-order valence-corrected chi connectivity index (χ2v) is 12.9. The predicted molar refractivity (Wildman–Crippen MR) is 166 cm³/mol. The van der Waals surface area contributed by atoms with E-state index in [-0.39, 0.29) is 30.6 Å². The van der Waals surface area contributed by atoms with Crippen molar-refractivity contribution in [2.24, 2.45) is 0 Å². The van der Waals surface area contributed by atoms with Gasteiger partial charge in [-0.15, -0.1) is 0 Å². The number of carbonyl (C=O) groups excluding carboxylic acids is 2. The molecule has 1 aliphatic carbocycles. The summed E-state index contributed by atoms with van der Waals surface area (Å²) >= 11 is 6.53. The van der Waals surface area contributed by atoms with E-state index in [0.29, 0.717) is 16.3 Å². The van der Waals surface area contributed by atoms with Gasteiger partial charge in [-0.05, 0) is 42.2 Å². The zero-order valence-corrected chi connectivity index (χ0v) is 25.6. The average molecular weight is 612 g/mol. The maximum Gasteiger partial charge on any atom is 0.244 e. The molecule has 1 atom stereocenters. The van der Waals surface area contributed by atoms with Crippen molar-refractivity contribution in [3.05, 3.63) is 95.0 Å². The second-order valence-electron chi connectivity index (χ2n) is 10.6. The molecule has 2 amide bonds. The minimum atomic E-state index is -3.91. The molecular formula is C32H38ClN3O5S. The summed E-state index contributed by atoms with van der Waals surface area (Å²) in [5, 5.41) is 3.64. The van der Waals surface area contributed by atoms with E-state index in [4.69, 9.17) is 16.3 Å². The number of halogens is 1. The molecule has 10 heteroatoms. The molecule has 3 aromatic rings. The van der Waals surface area contributed by atoms with E-state index in [1.807, 2.05) is 36.4 Å². The number of rotatable bonds is 12. The SMILES string of the molecule is COc1ccccc1N(CC(=O)N(Cc1ccccc1Cl)[C@@H](Cc1ccccc1)C(=O)NC1CCCCC1)S(C)(=O)=O. The predicted octanol–water partition coefficient (Wildman–Crippen LogP) is 5.20. The van der Waals surface area contributed by atoms with Crippen LogP contribution in [0.5, 0.6) is 5.75 Å². The maximum absolute atomic E-state index is 14.3. The van der Waals surface area contributed by atoms with E-state index in [1.54, 1.807) is 42.5 Å². The van der Waals surface area contributed by atoms with Crippen LogP contribution in [-0.4, -0.2) is 57.1 Å². The van der Waals surface area contributed by atoms with Gasteiger partial charge in [-0.25, -0.2) is 8.42 Å². The van der Waals surface area contributed by atoms with E-state index >= 15 is 0 Å². The van der Waals surface area contributed by atoms with Gasteiger partial charge in [0.25, 0.3) is 0 Å². The molecule has 0 radical (unpaired) electrons. The first-order chi connectivity index (χ1) is 20.2. The molecule has 8 nitrogen and oxygen atoms in total. The van der Waals surface area contributed by atoms with Gasteiger partial charge < -0.3 is 15.0 Å². The third-order valence-corrected chi connectivity index (χ3v) is 9.05. The molecule has 224 valence electrons. The number of sulfonamides is 1. The van der Waals surface area contributed by atoms with Crippen molar-refractivity contribution in [2.75, 3.05) is 24.2 Å². The van der Waals surface area contributed by atoms with Crippen molar-refractivity contribution >= 4 is 39.1 Å². The van der Waals surface area contributed by atoms with Gasteiger partial charge in [0.2, 0.25) is 21.8 Å². The smallest absolute Gasteiger partial charge is 0.244 e. The number of methoxy groups -OCH3 is 1. The Morgan fingerprint density at radius 3 is 2.26 bits per heavy atom. The molecular weight excluding hydrogens is 574 g/mol. The summed E-state index contributed by atoms with van der Waals surface area (Å²) < 4.78 is 32.5. The Bertz CT molecular complexity index is 1460. The molecule has 0 aliphatic heterocycles. The molecule has 0 heterocycles. The van der Waals surface area contributed by atoms with Crippen molar-refractivity contribution in [3.8, 4) is 5.75 Å². The molecule has 42 heavy (non-hydrogen) atoms. The summed E-state index contributed by atoms with van der Waals surface area (Å²) in [4.78, 5) is 29.7. The van der Waals surface area contributed by atoms with Crippen molar-refractivity contribution in [1.29, 1.82) is 0 Å². The third kappa shape index (κ3) is 8.26. The number of ether oxygens (including phenoxy) is 1. The number of carbonyl (C=O) groups is 2. The molecule has 4 rings (SSSR count). The summed E-state index contributed by atoms with van der Waals surface area (Å²) in [6, 6.07) is 22.4. The van der Waals surface area contributed by atoms with Gasteiger partial charge in [0, 0.05) is 24.0 Å².